The van der Waals surface area contributed by atoms with Crippen molar-refractivity contribution in [3.63, 3.8) is 0 Å². The number of benzene rings is 1. The van der Waals surface area contributed by atoms with Gasteiger partial charge in [-0.05, 0) is 24.1 Å². The topological polar surface area (TPSA) is 50.9 Å². The Morgan fingerprint density at radius 2 is 1.92 bits per heavy atom. The van der Waals surface area contributed by atoms with Gasteiger partial charge in [0.15, 0.2) is 0 Å². The molecule has 0 saturated carbocycles. The lowest BCUT2D eigenvalue weighted by Crippen LogP contribution is -2.19. The lowest BCUT2D eigenvalue weighted by atomic mass is 10.1. The average molecular weight is 338 g/mol. The molecule has 6 heteroatoms. The van der Waals surface area contributed by atoms with Crippen molar-refractivity contribution >= 4 is 5.82 Å². The fraction of sp³-hybridized carbons (Fsp3) is 0.368. The van der Waals surface area contributed by atoms with Gasteiger partial charge in [0.25, 0.3) is 0 Å². The molecule has 2 heterocycles. The van der Waals surface area contributed by atoms with Crippen LogP contribution in [0.3, 0.4) is 0 Å². The van der Waals surface area contributed by atoms with E-state index in [0.29, 0.717) is 0 Å². The van der Waals surface area contributed by atoms with E-state index >= 15 is 0 Å². The van der Waals surface area contributed by atoms with Crippen LogP contribution in [0.2, 0.25) is 0 Å². The molecular weight excluding hydrogens is 312 g/mol. The summed E-state index contributed by atoms with van der Waals surface area (Å²) in [5.41, 5.74) is 4.86. The molecule has 0 aliphatic carbocycles. The highest BCUT2D eigenvalue weighted by atomic mass is 15.4. The molecule has 0 fully saturated rings. The van der Waals surface area contributed by atoms with Crippen molar-refractivity contribution in [3.8, 4) is 0 Å². The zero-order valence-electron chi connectivity index (χ0n) is 15.4. The zero-order chi connectivity index (χ0) is 17.8. The summed E-state index contributed by atoms with van der Waals surface area (Å²) < 4.78 is 3.88. The number of anilines is 1. The summed E-state index contributed by atoms with van der Waals surface area (Å²) in [6.45, 7) is 4.49. The van der Waals surface area contributed by atoms with Crippen LogP contribution < -0.4 is 10.2 Å². The van der Waals surface area contributed by atoms with E-state index in [4.69, 9.17) is 0 Å². The molecule has 0 saturated heterocycles. The molecule has 0 bridgehead atoms. The molecule has 1 aromatic carbocycles. The van der Waals surface area contributed by atoms with Crippen molar-refractivity contribution in [2.45, 2.75) is 26.6 Å². The van der Waals surface area contributed by atoms with E-state index in [1.807, 2.05) is 34.9 Å². The van der Waals surface area contributed by atoms with Crippen LogP contribution in [0, 0.1) is 6.92 Å². The van der Waals surface area contributed by atoms with Crippen LogP contribution in [-0.4, -0.2) is 33.7 Å². The fourth-order valence-electron chi connectivity index (χ4n) is 3.21. The predicted octanol–water partition coefficient (Wildman–Crippen LogP) is 2.33. The number of nitrogens with zero attached hydrogens (tertiary/aromatic N) is 5. The molecule has 3 aromatic rings. The summed E-state index contributed by atoms with van der Waals surface area (Å²) >= 11 is 0. The van der Waals surface area contributed by atoms with Gasteiger partial charge in [0.05, 0.1) is 12.2 Å². The molecule has 6 nitrogen and oxygen atoms in total. The number of aromatic nitrogens is 4. The van der Waals surface area contributed by atoms with Gasteiger partial charge in [0, 0.05) is 52.2 Å². The first kappa shape index (κ1) is 17.2. The molecule has 0 radical (unpaired) electrons. The van der Waals surface area contributed by atoms with Gasteiger partial charge >= 0.3 is 0 Å². The Balaban J connectivity index is 1.63. The largest absolute Gasteiger partial charge is 0.363 e. The smallest absolute Gasteiger partial charge is 0.130 e. The summed E-state index contributed by atoms with van der Waals surface area (Å²) in [6, 6.07) is 10.6. The van der Waals surface area contributed by atoms with Crippen molar-refractivity contribution in [2.75, 3.05) is 19.0 Å². The highest BCUT2D eigenvalue weighted by Gasteiger charge is 2.14. The SMILES string of the molecule is Cc1nn(C)c(N(C)C)c1CNCc1cccc(Cn2cccn2)c1. The van der Waals surface area contributed by atoms with Gasteiger partial charge in [-0.25, -0.2) is 0 Å². The summed E-state index contributed by atoms with van der Waals surface area (Å²) in [6.07, 6.45) is 3.79. The fourth-order valence-corrected chi connectivity index (χ4v) is 3.21. The molecule has 0 aliphatic rings. The third-order valence-corrected chi connectivity index (χ3v) is 4.26. The average Bonchev–Trinajstić information content (AvgIpc) is 3.16. The van der Waals surface area contributed by atoms with Crippen LogP contribution in [0.4, 0.5) is 5.82 Å². The number of rotatable bonds is 7. The van der Waals surface area contributed by atoms with Crippen molar-refractivity contribution in [1.82, 2.24) is 24.9 Å². The van der Waals surface area contributed by atoms with E-state index < -0.39 is 0 Å². The molecule has 25 heavy (non-hydrogen) atoms. The van der Waals surface area contributed by atoms with Gasteiger partial charge < -0.3 is 10.2 Å². The third kappa shape index (κ3) is 4.09. The second-order valence-corrected chi connectivity index (χ2v) is 6.53. The van der Waals surface area contributed by atoms with Gasteiger partial charge in [0.2, 0.25) is 0 Å². The minimum Gasteiger partial charge on any atom is -0.363 e. The summed E-state index contributed by atoms with van der Waals surface area (Å²) in [7, 11) is 6.10. The normalized spacial score (nSPS) is 11.0. The van der Waals surface area contributed by atoms with Crippen LogP contribution in [0.5, 0.6) is 0 Å². The van der Waals surface area contributed by atoms with Crippen LogP contribution in [-0.2, 0) is 26.7 Å². The highest BCUT2D eigenvalue weighted by molar-refractivity contribution is 5.48. The molecule has 0 spiro atoms. The van der Waals surface area contributed by atoms with Crippen molar-refractivity contribution in [3.05, 3.63) is 65.1 Å². The molecule has 2 aromatic heterocycles. The molecule has 1 N–H and O–H groups in total. The van der Waals surface area contributed by atoms with Crippen LogP contribution in [0.1, 0.15) is 22.4 Å². The van der Waals surface area contributed by atoms with Gasteiger partial charge in [0.1, 0.15) is 5.82 Å². The molecule has 0 aliphatic heterocycles. The van der Waals surface area contributed by atoms with Crippen molar-refractivity contribution in [1.29, 1.82) is 0 Å². The molecule has 3 rings (SSSR count). The standard InChI is InChI=1S/C19H26N6/c1-15-18(19(23(2)3)24(4)22-15)13-20-12-16-7-5-8-17(11-16)14-25-10-6-9-21-25/h5-11,20H,12-14H2,1-4H3. The maximum absolute atomic E-state index is 4.54. The zero-order valence-corrected chi connectivity index (χ0v) is 15.4. The molecular formula is C19H26N6. The van der Waals surface area contributed by atoms with E-state index in [-0.39, 0.29) is 0 Å². The predicted molar refractivity (Wildman–Crippen MR) is 101 cm³/mol. The Bertz CT molecular complexity index is 817. The van der Waals surface area contributed by atoms with Gasteiger partial charge in [-0.2, -0.15) is 10.2 Å². The first-order chi connectivity index (χ1) is 12.0. The minimum atomic E-state index is 0.799. The third-order valence-electron chi connectivity index (χ3n) is 4.26. The van der Waals surface area contributed by atoms with E-state index in [1.54, 1.807) is 0 Å². The highest BCUT2D eigenvalue weighted by Crippen LogP contribution is 2.21. The Hall–Kier alpha value is -2.60. The van der Waals surface area contributed by atoms with E-state index in [1.165, 1.54) is 16.7 Å². The Morgan fingerprint density at radius 1 is 1.12 bits per heavy atom. The maximum Gasteiger partial charge on any atom is 0.130 e. The Kier molecular flexibility index (Phi) is 5.19. The van der Waals surface area contributed by atoms with E-state index in [2.05, 4.69) is 65.7 Å². The summed E-state index contributed by atoms with van der Waals surface area (Å²) in [5.74, 6) is 1.15. The molecule has 0 atom stereocenters. The van der Waals surface area contributed by atoms with Crippen LogP contribution in [0.25, 0.3) is 0 Å². The molecule has 0 amide bonds. The first-order valence-corrected chi connectivity index (χ1v) is 8.50. The molecule has 132 valence electrons. The van der Waals surface area contributed by atoms with Crippen molar-refractivity contribution < 1.29 is 0 Å². The van der Waals surface area contributed by atoms with Crippen LogP contribution >= 0.6 is 0 Å². The number of nitrogens with one attached hydrogen (secondary N) is 1. The summed E-state index contributed by atoms with van der Waals surface area (Å²) in [5, 5.41) is 12.4. The molecule has 0 unspecified atom stereocenters. The Morgan fingerprint density at radius 3 is 2.64 bits per heavy atom. The number of hydrogen-bond donors (Lipinski definition) is 1. The quantitative estimate of drug-likeness (QED) is 0.718. The monoisotopic (exact) mass is 338 g/mol. The van der Waals surface area contributed by atoms with Gasteiger partial charge in [-0.3, -0.25) is 9.36 Å². The second kappa shape index (κ2) is 7.53. The summed E-state index contributed by atoms with van der Waals surface area (Å²) in [4.78, 5) is 2.11. The van der Waals surface area contributed by atoms with Crippen LogP contribution in [0.15, 0.2) is 42.7 Å². The Labute approximate surface area is 149 Å². The minimum absolute atomic E-state index is 0.799. The van der Waals surface area contributed by atoms with Crippen molar-refractivity contribution in [2.24, 2.45) is 7.05 Å². The number of hydrogen-bond acceptors (Lipinski definition) is 4. The maximum atomic E-state index is 4.54. The second-order valence-electron chi connectivity index (χ2n) is 6.53. The lowest BCUT2D eigenvalue weighted by Gasteiger charge is -2.16. The van der Waals surface area contributed by atoms with E-state index in [9.17, 15) is 0 Å². The van der Waals surface area contributed by atoms with Gasteiger partial charge in [-0.1, -0.05) is 24.3 Å². The van der Waals surface area contributed by atoms with Gasteiger partial charge in [-0.15, -0.1) is 0 Å². The lowest BCUT2D eigenvalue weighted by molar-refractivity contribution is 0.675. The first-order valence-electron chi connectivity index (χ1n) is 8.50. The number of aryl methyl sites for hydroxylation is 2. The van der Waals surface area contributed by atoms with E-state index in [0.717, 1.165) is 31.1 Å².